The van der Waals surface area contributed by atoms with Crippen molar-refractivity contribution >= 4 is 33.5 Å². The minimum atomic E-state index is -1.01. The highest BCUT2D eigenvalue weighted by atomic mass is 79.9. The number of aromatic carboxylic acids is 1. The maximum Gasteiger partial charge on any atom is 0.335 e. The smallest absolute Gasteiger partial charge is 0.335 e. The number of aromatic nitrogens is 2. The summed E-state index contributed by atoms with van der Waals surface area (Å²) in [7, 11) is 0. The van der Waals surface area contributed by atoms with Gasteiger partial charge in [-0.05, 0) is 40.2 Å². The Balaban J connectivity index is 2.13. The van der Waals surface area contributed by atoms with E-state index in [4.69, 9.17) is 5.11 Å². The molecule has 6 nitrogen and oxygen atoms in total. The number of aromatic amines is 1. The van der Waals surface area contributed by atoms with E-state index in [1.165, 1.54) is 30.5 Å². The zero-order chi connectivity index (χ0) is 13.1. The van der Waals surface area contributed by atoms with E-state index >= 15 is 0 Å². The van der Waals surface area contributed by atoms with Gasteiger partial charge in [-0.1, -0.05) is 0 Å². The van der Waals surface area contributed by atoms with Crippen LogP contribution in [0.25, 0.3) is 0 Å². The van der Waals surface area contributed by atoms with Crippen LogP contribution < -0.4 is 5.32 Å². The molecule has 0 aliphatic rings. The van der Waals surface area contributed by atoms with Crippen LogP contribution in [0.2, 0.25) is 0 Å². The van der Waals surface area contributed by atoms with Crippen molar-refractivity contribution in [2.24, 2.45) is 0 Å². The number of nitrogens with zero attached hydrogens (tertiary/aromatic N) is 1. The average molecular weight is 310 g/mol. The second-order valence-electron chi connectivity index (χ2n) is 3.43. The van der Waals surface area contributed by atoms with Crippen molar-refractivity contribution in [3.05, 3.63) is 46.2 Å². The number of H-pyrrole nitrogens is 1. The molecule has 1 aromatic heterocycles. The molecule has 1 amide bonds. The molecule has 1 heterocycles. The first kappa shape index (κ1) is 12.3. The Hall–Kier alpha value is -2.15. The lowest BCUT2D eigenvalue weighted by Crippen LogP contribution is -2.13. The van der Waals surface area contributed by atoms with E-state index in [-0.39, 0.29) is 11.5 Å². The maximum atomic E-state index is 11.8. The molecular formula is C11H8BrN3O3. The van der Waals surface area contributed by atoms with Crippen LogP contribution in [-0.4, -0.2) is 27.2 Å². The van der Waals surface area contributed by atoms with Crippen molar-refractivity contribution in [2.75, 3.05) is 5.32 Å². The largest absolute Gasteiger partial charge is 0.478 e. The number of benzene rings is 1. The predicted octanol–water partition coefficient (Wildman–Crippen LogP) is 2.12. The summed E-state index contributed by atoms with van der Waals surface area (Å²) in [5.74, 6) is -1.37. The highest BCUT2D eigenvalue weighted by molar-refractivity contribution is 9.10. The minimum absolute atomic E-state index is 0.163. The molecule has 3 N–H and O–H groups in total. The molecule has 0 spiro atoms. The van der Waals surface area contributed by atoms with Gasteiger partial charge in [-0.2, -0.15) is 5.10 Å². The monoisotopic (exact) mass is 309 g/mol. The fraction of sp³-hybridized carbons (Fsp3) is 0. The molecule has 0 atom stereocenters. The van der Waals surface area contributed by atoms with Crippen LogP contribution in [0.1, 0.15) is 20.8 Å². The molecule has 0 aliphatic heterocycles. The maximum absolute atomic E-state index is 11.8. The fourth-order valence-electron chi connectivity index (χ4n) is 1.32. The van der Waals surface area contributed by atoms with Crippen LogP contribution in [-0.2, 0) is 0 Å². The van der Waals surface area contributed by atoms with Crippen molar-refractivity contribution in [1.82, 2.24) is 10.2 Å². The zero-order valence-electron chi connectivity index (χ0n) is 8.98. The van der Waals surface area contributed by atoms with Gasteiger partial charge in [0.1, 0.15) is 5.69 Å². The lowest BCUT2D eigenvalue weighted by molar-refractivity contribution is 0.0696. The van der Waals surface area contributed by atoms with Crippen molar-refractivity contribution in [3.8, 4) is 0 Å². The highest BCUT2D eigenvalue weighted by Gasteiger charge is 2.12. The summed E-state index contributed by atoms with van der Waals surface area (Å²) in [5, 5.41) is 17.6. The first-order chi connectivity index (χ1) is 8.58. The number of rotatable bonds is 3. The molecule has 0 saturated heterocycles. The highest BCUT2D eigenvalue weighted by Crippen LogP contribution is 2.15. The number of hydrogen-bond acceptors (Lipinski definition) is 3. The van der Waals surface area contributed by atoms with Gasteiger partial charge >= 0.3 is 5.97 Å². The Morgan fingerprint density at radius 3 is 2.44 bits per heavy atom. The van der Waals surface area contributed by atoms with Crippen molar-refractivity contribution in [2.45, 2.75) is 0 Å². The van der Waals surface area contributed by atoms with Gasteiger partial charge in [0.05, 0.1) is 16.2 Å². The van der Waals surface area contributed by atoms with Gasteiger partial charge in [-0.25, -0.2) is 4.79 Å². The lowest BCUT2D eigenvalue weighted by atomic mass is 10.2. The summed E-state index contributed by atoms with van der Waals surface area (Å²) in [4.78, 5) is 22.4. The van der Waals surface area contributed by atoms with E-state index in [0.717, 1.165) is 0 Å². The van der Waals surface area contributed by atoms with E-state index in [0.29, 0.717) is 15.9 Å². The number of carboxylic acid groups (broad SMARTS) is 1. The van der Waals surface area contributed by atoms with Crippen LogP contribution in [0.3, 0.4) is 0 Å². The summed E-state index contributed by atoms with van der Waals surface area (Å²) in [5.41, 5.74) is 0.972. The fourth-order valence-corrected chi connectivity index (χ4v) is 1.69. The Kier molecular flexibility index (Phi) is 3.42. The van der Waals surface area contributed by atoms with Crippen LogP contribution in [0.5, 0.6) is 0 Å². The van der Waals surface area contributed by atoms with Gasteiger partial charge in [0, 0.05) is 5.69 Å². The van der Waals surface area contributed by atoms with E-state index in [9.17, 15) is 9.59 Å². The van der Waals surface area contributed by atoms with Gasteiger partial charge < -0.3 is 10.4 Å². The summed E-state index contributed by atoms with van der Waals surface area (Å²) >= 11 is 3.18. The first-order valence-corrected chi connectivity index (χ1v) is 5.71. The molecule has 0 saturated carbocycles. The SMILES string of the molecule is O=C(O)c1ccc(NC(=O)c2[nH]ncc2Br)cc1. The average Bonchev–Trinajstić information content (AvgIpc) is 2.76. The third-order valence-corrected chi connectivity index (χ3v) is 2.81. The summed E-state index contributed by atoms with van der Waals surface area (Å²) in [6.45, 7) is 0. The van der Waals surface area contributed by atoms with Gasteiger partial charge in [-0.15, -0.1) is 0 Å². The standard InChI is InChI=1S/C11H8BrN3O3/c12-8-5-13-15-9(8)10(16)14-7-3-1-6(2-4-7)11(17)18/h1-5H,(H,13,15)(H,14,16)(H,17,18). The summed E-state index contributed by atoms with van der Waals surface area (Å²) < 4.78 is 0.558. The molecule has 7 heteroatoms. The molecule has 0 unspecified atom stereocenters. The molecule has 0 aliphatic carbocycles. The van der Waals surface area contributed by atoms with E-state index in [2.05, 4.69) is 31.4 Å². The number of halogens is 1. The molecular weight excluding hydrogens is 302 g/mol. The molecule has 18 heavy (non-hydrogen) atoms. The Bertz CT molecular complexity index is 592. The first-order valence-electron chi connectivity index (χ1n) is 4.91. The van der Waals surface area contributed by atoms with E-state index in [1.807, 2.05) is 0 Å². The molecule has 2 rings (SSSR count). The number of carbonyl (C=O) groups is 2. The lowest BCUT2D eigenvalue weighted by Gasteiger charge is -2.04. The molecule has 92 valence electrons. The quantitative estimate of drug-likeness (QED) is 0.809. The molecule has 1 aromatic carbocycles. The number of nitrogens with one attached hydrogen (secondary N) is 2. The van der Waals surface area contributed by atoms with Crippen LogP contribution in [0, 0.1) is 0 Å². The molecule has 2 aromatic rings. The Labute approximate surface area is 110 Å². The van der Waals surface area contributed by atoms with Crippen molar-refractivity contribution in [1.29, 1.82) is 0 Å². The van der Waals surface area contributed by atoms with Crippen molar-refractivity contribution in [3.63, 3.8) is 0 Å². The number of carbonyl (C=O) groups excluding carboxylic acids is 1. The molecule has 0 fully saturated rings. The van der Waals surface area contributed by atoms with Crippen molar-refractivity contribution < 1.29 is 14.7 Å². The molecule has 0 radical (unpaired) electrons. The minimum Gasteiger partial charge on any atom is -0.478 e. The van der Waals surface area contributed by atoms with Gasteiger partial charge in [0.15, 0.2) is 0 Å². The van der Waals surface area contributed by atoms with Gasteiger partial charge in [0.25, 0.3) is 5.91 Å². The summed E-state index contributed by atoms with van der Waals surface area (Å²) in [6.07, 6.45) is 1.47. The Morgan fingerprint density at radius 2 is 1.94 bits per heavy atom. The van der Waals surface area contributed by atoms with Crippen LogP contribution in [0.4, 0.5) is 5.69 Å². The normalized spacial score (nSPS) is 10.1. The third kappa shape index (κ3) is 2.57. The van der Waals surface area contributed by atoms with Crippen LogP contribution >= 0.6 is 15.9 Å². The number of amides is 1. The molecule has 0 bridgehead atoms. The van der Waals surface area contributed by atoms with Crippen LogP contribution in [0.15, 0.2) is 34.9 Å². The predicted molar refractivity (Wildman–Crippen MR) is 67.6 cm³/mol. The number of carboxylic acids is 1. The van der Waals surface area contributed by atoms with Gasteiger partial charge in [0.2, 0.25) is 0 Å². The van der Waals surface area contributed by atoms with Gasteiger partial charge in [-0.3, -0.25) is 9.89 Å². The Morgan fingerprint density at radius 1 is 1.28 bits per heavy atom. The topological polar surface area (TPSA) is 95.1 Å². The number of hydrogen-bond donors (Lipinski definition) is 3. The number of anilines is 1. The zero-order valence-corrected chi connectivity index (χ0v) is 10.6. The third-order valence-electron chi connectivity index (χ3n) is 2.21. The summed E-state index contributed by atoms with van der Waals surface area (Å²) in [6, 6.07) is 5.87. The van der Waals surface area contributed by atoms with E-state index in [1.54, 1.807) is 0 Å². The van der Waals surface area contributed by atoms with E-state index < -0.39 is 5.97 Å². The second kappa shape index (κ2) is 5.01. The second-order valence-corrected chi connectivity index (χ2v) is 4.28.